The Kier molecular flexibility index (Phi) is 5.57. The van der Waals surface area contributed by atoms with E-state index in [1.165, 1.54) is 6.92 Å². The molecule has 0 spiro atoms. The highest BCUT2D eigenvalue weighted by atomic mass is 32.2. The van der Waals surface area contributed by atoms with Gasteiger partial charge < -0.3 is 23.9 Å². The number of oxazole rings is 1. The molecule has 0 unspecified atom stereocenters. The lowest BCUT2D eigenvalue weighted by Gasteiger charge is -2.19. The van der Waals surface area contributed by atoms with Gasteiger partial charge in [-0.25, -0.2) is 4.98 Å². The van der Waals surface area contributed by atoms with Gasteiger partial charge in [-0.3, -0.25) is 9.59 Å². The quantitative estimate of drug-likeness (QED) is 0.485. The molecule has 2 heterocycles. The van der Waals surface area contributed by atoms with Gasteiger partial charge >= 0.3 is 5.97 Å². The number of benzene rings is 2. The topological polar surface area (TPSA) is 99.9 Å². The Morgan fingerprint density at radius 1 is 1.17 bits per heavy atom. The molecule has 3 aromatic rings. The number of carbonyl (C=O) groups excluding carboxylic acids is 2. The Labute approximate surface area is 170 Å². The molecule has 2 aromatic carbocycles. The minimum Gasteiger partial charge on any atom is -0.486 e. The predicted octanol–water partition coefficient (Wildman–Crippen LogP) is 3.26. The molecule has 0 saturated carbocycles. The van der Waals surface area contributed by atoms with Crippen molar-refractivity contribution in [3.05, 3.63) is 42.5 Å². The second-order valence-corrected chi connectivity index (χ2v) is 7.14. The van der Waals surface area contributed by atoms with Crippen molar-refractivity contribution in [3.63, 3.8) is 0 Å². The zero-order valence-corrected chi connectivity index (χ0v) is 16.4. The maximum Gasteiger partial charge on any atom is 0.317 e. The van der Waals surface area contributed by atoms with Gasteiger partial charge in [-0.2, -0.15) is 0 Å². The molecule has 8 nitrogen and oxygen atoms in total. The van der Waals surface area contributed by atoms with Crippen molar-refractivity contribution < 1.29 is 28.2 Å². The van der Waals surface area contributed by atoms with Crippen LogP contribution in [0, 0.1) is 0 Å². The van der Waals surface area contributed by atoms with E-state index in [1.54, 1.807) is 24.3 Å². The third kappa shape index (κ3) is 4.62. The lowest BCUT2D eigenvalue weighted by Crippen LogP contribution is -2.30. The molecule has 150 valence electrons. The fourth-order valence-corrected chi connectivity index (χ4v) is 3.30. The molecule has 4 rings (SSSR count). The zero-order chi connectivity index (χ0) is 20.2. The molecule has 0 saturated heterocycles. The van der Waals surface area contributed by atoms with Crippen molar-refractivity contribution in [3.8, 4) is 11.5 Å². The highest BCUT2D eigenvalue weighted by Gasteiger charge is 2.20. The largest absolute Gasteiger partial charge is 0.486 e. The summed E-state index contributed by atoms with van der Waals surface area (Å²) in [7, 11) is 0. The minimum absolute atomic E-state index is 0.0194. The number of carbonyl (C=O) groups is 2. The summed E-state index contributed by atoms with van der Waals surface area (Å²) in [5.74, 6) is 0.191. The van der Waals surface area contributed by atoms with Gasteiger partial charge in [-0.05, 0) is 31.2 Å². The van der Waals surface area contributed by atoms with Gasteiger partial charge in [0.15, 0.2) is 23.2 Å². The molecule has 1 amide bonds. The fraction of sp³-hybridized carbons (Fsp3) is 0.250. The van der Waals surface area contributed by atoms with Crippen LogP contribution in [0.2, 0.25) is 0 Å². The van der Waals surface area contributed by atoms with Crippen molar-refractivity contribution in [2.24, 2.45) is 0 Å². The van der Waals surface area contributed by atoms with Crippen LogP contribution in [-0.2, 0) is 14.3 Å². The first-order chi connectivity index (χ1) is 14.1. The summed E-state index contributed by atoms with van der Waals surface area (Å²) >= 11 is 1.11. The number of nitrogens with zero attached hydrogens (tertiary/aromatic N) is 1. The van der Waals surface area contributed by atoms with Crippen LogP contribution in [0.1, 0.15) is 6.92 Å². The lowest BCUT2D eigenvalue weighted by atomic mass is 10.2. The van der Waals surface area contributed by atoms with Crippen LogP contribution < -0.4 is 14.8 Å². The average molecular weight is 414 g/mol. The number of rotatable bonds is 6. The van der Waals surface area contributed by atoms with Gasteiger partial charge in [0.2, 0.25) is 0 Å². The van der Waals surface area contributed by atoms with E-state index < -0.39 is 18.0 Å². The third-order valence-electron chi connectivity index (χ3n) is 4.07. The number of amides is 1. The van der Waals surface area contributed by atoms with Crippen molar-refractivity contribution in [2.75, 3.05) is 24.3 Å². The number of hydrogen-bond acceptors (Lipinski definition) is 8. The van der Waals surface area contributed by atoms with Crippen LogP contribution in [0.15, 0.2) is 52.1 Å². The molecule has 1 atom stereocenters. The zero-order valence-electron chi connectivity index (χ0n) is 15.5. The molecule has 1 aliphatic rings. The monoisotopic (exact) mass is 414 g/mol. The summed E-state index contributed by atoms with van der Waals surface area (Å²) in [6, 6.07) is 12.4. The summed E-state index contributed by atoms with van der Waals surface area (Å²) in [6.07, 6.45) is -0.958. The first-order valence-corrected chi connectivity index (χ1v) is 9.95. The van der Waals surface area contributed by atoms with E-state index in [4.69, 9.17) is 18.6 Å². The third-order valence-corrected chi connectivity index (χ3v) is 4.88. The number of fused-ring (bicyclic) bond motifs is 2. The lowest BCUT2D eigenvalue weighted by molar-refractivity contribution is -0.150. The number of ether oxygens (including phenoxy) is 3. The van der Waals surface area contributed by atoms with Gasteiger partial charge in [-0.1, -0.05) is 23.9 Å². The van der Waals surface area contributed by atoms with Gasteiger partial charge in [0.25, 0.3) is 11.1 Å². The minimum atomic E-state index is -0.958. The Morgan fingerprint density at radius 2 is 1.97 bits per heavy atom. The second kappa shape index (κ2) is 8.44. The first kappa shape index (κ1) is 19.1. The number of anilines is 1. The van der Waals surface area contributed by atoms with Crippen LogP contribution >= 0.6 is 11.8 Å². The number of hydrogen-bond donors (Lipinski definition) is 1. The molecular formula is C20H18N2O6S. The van der Waals surface area contributed by atoms with E-state index in [9.17, 15) is 9.59 Å². The average Bonchev–Trinajstić information content (AvgIpc) is 3.15. The van der Waals surface area contributed by atoms with Gasteiger partial charge in [0.05, 0.1) is 0 Å². The molecule has 29 heavy (non-hydrogen) atoms. The van der Waals surface area contributed by atoms with Gasteiger partial charge in [-0.15, -0.1) is 0 Å². The first-order valence-electron chi connectivity index (χ1n) is 8.97. The standard InChI is InChI=1S/C20H18N2O6S/c1-12(19(24)21-13-6-7-16-17(10-13)26-9-8-25-16)27-18(23)11-29-20-22-14-4-2-3-5-15(14)28-20/h2-7,10,12H,8-9,11H2,1H3,(H,21,24)/t12-/m1/s1. The van der Waals surface area contributed by atoms with E-state index >= 15 is 0 Å². The predicted molar refractivity (Wildman–Crippen MR) is 106 cm³/mol. The molecule has 0 fully saturated rings. The summed E-state index contributed by atoms with van der Waals surface area (Å²) in [5, 5.41) is 3.07. The highest BCUT2D eigenvalue weighted by molar-refractivity contribution is 7.99. The molecule has 1 N–H and O–H groups in total. The Morgan fingerprint density at radius 3 is 2.79 bits per heavy atom. The molecular weight excluding hydrogens is 396 g/mol. The van der Waals surface area contributed by atoms with E-state index in [0.717, 1.165) is 17.3 Å². The SMILES string of the molecule is C[C@@H](OC(=O)CSc1nc2ccccc2o1)C(=O)Nc1ccc2c(c1)OCCO2. The number of esters is 1. The van der Waals surface area contributed by atoms with Crippen molar-refractivity contribution in [2.45, 2.75) is 18.3 Å². The summed E-state index contributed by atoms with van der Waals surface area (Å²) < 4.78 is 21.7. The normalized spacial score (nSPS) is 13.7. The van der Waals surface area contributed by atoms with E-state index in [-0.39, 0.29) is 5.75 Å². The molecule has 0 aliphatic carbocycles. The second-order valence-electron chi connectivity index (χ2n) is 6.22. The molecule has 1 aliphatic heterocycles. The van der Waals surface area contributed by atoms with Gasteiger partial charge in [0, 0.05) is 11.8 Å². The smallest absolute Gasteiger partial charge is 0.317 e. The maximum absolute atomic E-state index is 12.3. The fourth-order valence-electron chi connectivity index (χ4n) is 2.68. The molecule has 0 radical (unpaired) electrons. The van der Waals surface area contributed by atoms with Crippen molar-refractivity contribution in [1.29, 1.82) is 0 Å². The Balaban J connectivity index is 1.28. The number of nitrogens with one attached hydrogen (secondary N) is 1. The van der Waals surface area contributed by atoms with E-state index in [2.05, 4.69) is 10.3 Å². The van der Waals surface area contributed by atoms with Crippen molar-refractivity contribution in [1.82, 2.24) is 4.98 Å². The van der Waals surface area contributed by atoms with Crippen molar-refractivity contribution >= 4 is 40.4 Å². The number of para-hydroxylation sites is 2. The van der Waals surface area contributed by atoms with Crippen LogP contribution in [0.4, 0.5) is 5.69 Å². The van der Waals surface area contributed by atoms with Crippen LogP contribution in [0.3, 0.4) is 0 Å². The van der Waals surface area contributed by atoms with Crippen LogP contribution in [0.25, 0.3) is 11.1 Å². The Bertz CT molecular complexity index is 1020. The summed E-state index contributed by atoms with van der Waals surface area (Å²) in [6.45, 7) is 2.46. The molecule has 1 aromatic heterocycles. The van der Waals surface area contributed by atoms with E-state index in [1.807, 2.05) is 18.2 Å². The van der Waals surface area contributed by atoms with Gasteiger partial charge in [0.1, 0.15) is 24.5 Å². The van der Waals surface area contributed by atoms with E-state index in [0.29, 0.717) is 41.2 Å². The van der Waals surface area contributed by atoms with Crippen LogP contribution in [0.5, 0.6) is 11.5 Å². The molecule has 0 bridgehead atoms. The number of thioether (sulfide) groups is 1. The highest BCUT2D eigenvalue weighted by Crippen LogP contribution is 2.32. The number of aromatic nitrogens is 1. The maximum atomic E-state index is 12.3. The molecule has 9 heteroatoms. The van der Waals surface area contributed by atoms with Crippen LogP contribution in [-0.4, -0.2) is 41.9 Å². The Hall–Kier alpha value is -3.20. The summed E-state index contributed by atoms with van der Waals surface area (Å²) in [4.78, 5) is 28.6. The summed E-state index contributed by atoms with van der Waals surface area (Å²) in [5.41, 5.74) is 1.90.